The molecule has 1 aliphatic heterocycles. The van der Waals surface area contributed by atoms with E-state index >= 15 is 0 Å². The first kappa shape index (κ1) is 13.1. The molecule has 2 rings (SSSR count). The molecule has 1 fully saturated rings. The van der Waals surface area contributed by atoms with E-state index < -0.39 is 5.97 Å². The highest BCUT2D eigenvalue weighted by molar-refractivity contribution is 8.00. The number of aromatic carboxylic acids is 1. The van der Waals surface area contributed by atoms with E-state index in [2.05, 4.69) is 11.8 Å². The Bertz CT molecular complexity index is 451. The molecule has 98 valence electrons. The van der Waals surface area contributed by atoms with Gasteiger partial charge in [-0.1, -0.05) is 6.92 Å². The number of carbonyl (C=O) groups is 1. The number of carboxylic acid groups (broad SMARTS) is 1. The molecule has 0 saturated carbocycles. The molecule has 1 aromatic carbocycles. The summed E-state index contributed by atoms with van der Waals surface area (Å²) >= 11 is 1.98. The van der Waals surface area contributed by atoms with Crippen LogP contribution in [0.1, 0.15) is 23.7 Å². The van der Waals surface area contributed by atoms with Crippen LogP contribution in [0.3, 0.4) is 0 Å². The van der Waals surface area contributed by atoms with Gasteiger partial charge in [0.2, 0.25) is 0 Å². The number of hydrogen-bond donors (Lipinski definition) is 2. The van der Waals surface area contributed by atoms with Crippen LogP contribution >= 0.6 is 11.8 Å². The van der Waals surface area contributed by atoms with Gasteiger partial charge in [0, 0.05) is 24.1 Å². The minimum Gasteiger partial charge on any atom is -0.478 e. The highest BCUT2D eigenvalue weighted by Crippen LogP contribution is 2.30. The topological polar surface area (TPSA) is 66.6 Å². The average Bonchev–Trinajstić information content (AvgIpc) is 2.39. The van der Waals surface area contributed by atoms with Crippen LogP contribution in [0.5, 0.6) is 0 Å². The van der Waals surface area contributed by atoms with Crippen molar-refractivity contribution in [3.05, 3.63) is 23.8 Å². The number of carboxylic acids is 1. The lowest BCUT2D eigenvalue weighted by Gasteiger charge is -2.34. The Morgan fingerprint density at radius 1 is 1.61 bits per heavy atom. The van der Waals surface area contributed by atoms with Crippen molar-refractivity contribution in [1.82, 2.24) is 0 Å². The monoisotopic (exact) mass is 266 g/mol. The second kappa shape index (κ2) is 5.52. The van der Waals surface area contributed by atoms with E-state index in [1.807, 2.05) is 11.8 Å². The Morgan fingerprint density at radius 2 is 2.39 bits per heavy atom. The fraction of sp³-hybridized carbons (Fsp3) is 0.462. The number of nitrogens with two attached hydrogens (primary N) is 1. The van der Waals surface area contributed by atoms with Gasteiger partial charge < -0.3 is 15.7 Å². The second-order valence-electron chi connectivity index (χ2n) is 4.43. The van der Waals surface area contributed by atoms with Crippen LogP contribution in [0.2, 0.25) is 0 Å². The van der Waals surface area contributed by atoms with Crippen LogP contribution in [-0.4, -0.2) is 35.2 Å². The lowest BCUT2D eigenvalue weighted by Crippen LogP contribution is -2.38. The van der Waals surface area contributed by atoms with Crippen LogP contribution in [0.4, 0.5) is 11.4 Å². The SMILES string of the molecule is CCC1CN(c2cc(C(=O)O)ccc2N)CCS1. The van der Waals surface area contributed by atoms with Gasteiger partial charge in [0.25, 0.3) is 0 Å². The number of anilines is 2. The van der Waals surface area contributed by atoms with Crippen LogP contribution < -0.4 is 10.6 Å². The summed E-state index contributed by atoms with van der Waals surface area (Å²) in [5, 5.41) is 9.64. The summed E-state index contributed by atoms with van der Waals surface area (Å²) in [6.45, 7) is 4.04. The molecule has 1 aromatic rings. The number of rotatable bonds is 3. The van der Waals surface area contributed by atoms with Gasteiger partial charge >= 0.3 is 5.97 Å². The standard InChI is InChI=1S/C13H18N2O2S/c1-2-10-8-15(5-6-18-10)12-7-9(13(16)17)3-4-11(12)14/h3-4,7,10H,2,5-6,8,14H2,1H3,(H,16,17). The van der Waals surface area contributed by atoms with Crippen LogP contribution in [0.15, 0.2) is 18.2 Å². The van der Waals surface area contributed by atoms with Crippen molar-refractivity contribution in [3.63, 3.8) is 0 Å². The number of nitrogen functional groups attached to an aromatic ring is 1. The van der Waals surface area contributed by atoms with Crippen molar-refractivity contribution in [2.24, 2.45) is 0 Å². The minimum absolute atomic E-state index is 0.297. The number of benzene rings is 1. The first-order chi connectivity index (χ1) is 8.61. The summed E-state index contributed by atoms with van der Waals surface area (Å²) in [6.07, 6.45) is 1.12. The Balaban J connectivity index is 2.26. The minimum atomic E-state index is -0.908. The first-order valence-electron chi connectivity index (χ1n) is 6.11. The predicted octanol–water partition coefficient (Wildman–Crippen LogP) is 2.30. The molecule has 0 bridgehead atoms. The molecule has 0 radical (unpaired) electrons. The summed E-state index contributed by atoms with van der Waals surface area (Å²) in [5.41, 5.74) is 7.77. The zero-order valence-electron chi connectivity index (χ0n) is 10.4. The maximum atomic E-state index is 11.0. The summed E-state index contributed by atoms with van der Waals surface area (Å²) in [7, 11) is 0. The summed E-state index contributed by atoms with van der Waals surface area (Å²) in [5.74, 6) is 0.157. The highest BCUT2D eigenvalue weighted by atomic mass is 32.2. The van der Waals surface area contributed by atoms with E-state index in [4.69, 9.17) is 10.8 Å². The van der Waals surface area contributed by atoms with E-state index in [1.165, 1.54) is 0 Å². The van der Waals surface area contributed by atoms with Gasteiger partial charge in [-0.15, -0.1) is 0 Å². The molecule has 1 unspecified atom stereocenters. The lowest BCUT2D eigenvalue weighted by atomic mass is 10.1. The van der Waals surface area contributed by atoms with Crippen molar-refractivity contribution in [2.45, 2.75) is 18.6 Å². The van der Waals surface area contributed by atoms with Gasteiger partial charge in [0.15, 0.2) is 0 Å². The molecule has 1 saturated heterocycles. The van der Waals surface area contributed by atoms with Crippen molar-refractivity contribution in [1.29, 1.82) is 0 Å². The third kappa shape index (κ3) is 2.72. The maximum Gasteiger partial charge on any atom is 0.335 e. The van der Waals surface area contributed by atoms with Gasteiger partial charge in [0.1, 0.15) is 0 Å². The van der Waals surface area contributed by atoms with Gasteiger partial charge in [0.05, 0.1) is 16.9 Å². The molecular formula is C13H18N2O2S. The predicted molar refractivity (Wildman–Crippen MR) is 76.6 cm³/mol. The Labute approximate surface area is 111 Å². The molecule has 18 heavy (non-hydrogen) atoms. The number of nitrogens with zero attached hydrogens (tertiary/aromatic N) is 1. The zero-order valence-corrected chi connectivity index (χ0v) is 11.2. The number of thioether (sulfide) groups is 1. The lowest BCUT2D eigenvalue weighted by molar-refractivity contribution is 0.0697. The molecule has 4 nitrogen and oxygen atoms in total. The van der Waals surface area contributed by atoms with Crippen molar-refractivity contribution >= 4 is 29.1 Å². The number of hydrogen-bond acceptors (Lipinski definition) is 4. The second-order valence-corrected chi connectivity index (χ2v) is 5.83. The smallest absolute Gasteiger partial charge is 0.335 e. The molecule has 0 spiro atoms. The van der Waals surface area contributed by atoms with Crippen molar-refractivity contribution < 1.29 is 9.90 Å². The normalized spacial score (nSPS) is 19.8. The van der Waals surface area contributed by atoms with Gasteiger partial charge in [-0.3, -0.25) is 0 Å². The van der Waals surface area contributed by atoms with Gasteiger partial charge in [-0.2, -0.15) is 11.8 Å². The zero-order chi connectivity index (χ0) is 13.1. The molecule has 1 aliphatic rings. The van der Waals surface area contributed by atoms with Crippen molar-refractivity contribution in [2.75, 3.05) is 29.5 Å². The Kier molecular flexibility index (Phi) is 4.01. The third-order valence-corrected chi connectivity index (χ3v) is 4.58. The quantitative estimate of drug-likeness (QED) is 0.822. The largest absolute Gasteiger partial charge is 0.478 e. The first-order valence-corrected chi connectivity index (χ1v) is 7.16. The van der Waals surface area contributed by atoms with Crippen LogP contribution in [0, 0.1) is 0 Å². The van der Waals surface area contributed by atoms with Crippen molar-refractivity contribution in [3.8, 4) is 0 Å². The van der Waals surface area contributed by atoms with E-state index in [9.17, 15) is 4.79 Å². The van der Waals surface area contributed by atoms with E-state index in [0.717, 1.165) is 31.0 Å². The average molecular weight is 266 g/mol. The summed E-state index contributed by atoms with van der Waals surface area (Å²) in [4.78, 5) is 13.2. The van der Waals surface area contributed by atoms with Gasteiger partial charge in [-0.25, -0.2) is 4.79 Å². The molecule has 1 atom stereocenters. The molecule has 0 aliphatic carbocycles. The fourth-order valence-corrected chi connectivity index (χ4v) is 3.32. The Hall–Kier alpha value is -1.36. The highest BCUT2D eigenvalue weighted by Gasteiger charge is 2.21. The maximum absolute atomic E-state index is 11.0. The van der Waals surface area contributed by atoms with E-state index in [0.29, 0.717) is 16.5 Å². The molecule has 1 heterocycles. The molecule has 5 heteroatoms. The molecule has 3 N–H and O–H groups in total. The summed E-state index contributed by atoms with van der Waals surface area (Å²) in [6, 6.07) is 4.92. The Morgan fingerprint density at radius 3 is 3.06 bits per heavy atom. The molecule has 0 aromatic heterocycles. The fourth-order valence-electron chi connectivity index (χ4n) is 2.14. The third-order valence-electron chi connectivity index (χ3n) is 3.21. The van der Waals surface area contributed by atoms with Crippen LogP contribution in [0.25, 0.3) is 0 Å². The van der Waals surface area contributed by atoms with Gasteiger partial charge in [-0.05, 0) is 24.6 Å². The summed E-state index contributed by atoms with van der Waals surface area (Å²) < 4.78 is 0. The molecule has 0 amide bonds. The van der Waals surface area contributed by atoms with E-state index in [1.54, 1.807) is 18.2 Å². The van der Waals surface area contributed by atoms with Crippen LogP contribution in [-0.2, 0) is 0 Å². The molecular weight excluding hydrogens is 248 g/mol. The van der Waals surface area contributed by atoms with E-state index in [-0.39, 0.29) is 0 Å².